The Morgan fingerprint density at radius 1 is 1.29 bits per heavy atom. The zero-order chi connectivity index (χ0) is 15.7. The molecule has 2 amide bonds. The quantitative estimate of drug-likeness (QED) is 0.701. The van der Waals surface area contributed by atoms with Crippen molar-refractivity contribution in [3.05, 3.63) is 24.3 Å². The molecule has 0 heterocycles. The molecule has 0 aliphatic heterocycles. The first-order chi connectivity index (χ1) is 10.1. The Morgan fingerprint density at radius 2 is 1.95 bits per heavy atom. The average Bonchev–Trinajstić information content (AvgIpc) is 2.48. The minimum absolute atomic E-state index is 0.0871. The van der Waals surface area contributed by atoms with Crippen molar-refractivity contribution in [2.24, 2.45) is 0 Å². The van der Waals surface area contributed by atoms with Crippen molar-refractivity contribution >= 4 is 17.5 Å². The van der Waals surface area contributed by atoms with Gasteiger partial charge < -0.3 is 20.7 Å². The summed E-state index contributed by atoms with van der Waals surface area (Å²) in [4.78, 5) is 25.0. The van der Waals surface area contributed by atoms with Crippen LogP contribution in [0, 0.1) is 0 Å². The number of nitrogens with zero attached hydrogens (tertiary/aromatic N) is 1. The topological polar surface area (TPSA) is 84.7 Å². The number of nitrogen functional groups attached to an aromatic ring is 1. The summed E-state index contributed by atoms with van der Waals surface area (Å²) in [6, 6.07) is 7.00. The molecule has 1 aromatic rings. The lowest BCUT2D eigenvalue weighted by Gasteiger charge is -2.21. The number of hydrogen-bond donors (Lipinski definition) is 2. The molecule has 1 aromatic carbocycles. The minimum atomic E-state index is -0.170. The Morgan fingerprint density at radius 3 is 2.52 bits per heavy atom. The van der Waals surface area contributed by atoms with Crippen molar-refractivity contribution in [2.75, 3.05) is 32.5 Å². The van der Waals surface area contributed by atoms with E-state index in [1.165, 1.54) is 0 Å². The van der Waals surface area contributed by atoms with Crippen LogP contribution in [-0.2, 0) is 9.59 Å². The summed E-state index contributed by atoms with van der Waals surface area (Å²) in [5.74, 6) is 0.414. The van der Waals surface area contributed by atoms with Crippen LogP contribution in [0.1, 0.15) is 19.8 Å². The Balaban J connectivity index is 2.42. The molecule has 0 atom stereocenters. The Kier molecular flexibility index (Phi) is 7.08. The van der Waals surface area contributed by atoms with E-state index in [1.54, 1.807) is 36.2 Å². The van der Waals surface area contributed by atoms with Crippen LogP contribution in [-0.4, -0.2) is 43.5 Å². The largest absolute Gasteiger partial charge is 0.493 e. The van der Waals surface area contributed by atoms with Gasteiger partial charge in [0.15, 0.2) is 0 Å². The molecule has 0 saturated carbocycles. The molecule has 116 valence electrons. The number of nitrogens with two attached hydrogens (primary N) is 1. The summed E-state index contributed by atoms with van der Waals surface area (Å²) >= 11 is 0. The van der Waals surface area contributed by atoms with Crippen LogP contribution in [0.25, 0.3) is 0 Å². The molecule has 6 nitrogen and oxygen atoms in total. The van der Waals surface area contributed by atoms with E-state index in [2.05, 4.69) is 5.32 Å². The van der Waals surface area contributed by atoms with E-state index in [1.807, 2.05) is 6.92 Å². The van der Waals surface area contributed by atoms with Gasteiger partial charge in [-0.2, -0.15) is 0 Å². The van der Waals surface area contributed by atoms with Crippen LogP contribution >= 0.6 is 0 Å². The lowest BCUT2D eigenvalue weighted by Crippen LogP contribution is -2.40. The molecule has 0 aliphatic rings. The van der Waals surface area contributed by atoms with E-state index in [0.717, 1.165) is 6.42 Å². The second-order valence-corrected chi connectivity index (χ2v) is 4.66. The van der Waals surface area contributed by atoms with Crippen molar-refractivity contribution in [3.63, 3.8) is 0 Å². The standard InChI is InChI=1S/C15H23N3O3/c1-3-9-18(11-14(19)17-2)15(20)8-10-21-13-6-4-12(16)5-7-13/h4-7H,3,8-11,16H2,1-2H3,(H,17,19). The van der Waals surface area contributed by atoms with Crippen LogP contribution in [0.4, 0.5) is 5.69 Å². The first-order valence-corrected chi connectivity index (χ1v) is 7.03. The highest BCUT2D eigenvalue weighted by Crippen LogP contribution is 2.13. The first kappa shape index (κ1) is 16.8. The monoisotopic (exact) mass is 293 g/mol. The molecule has 1 rings (SSSR count). The number of likely N-dealkylation sites (N-methyl/N-ethyl adjacent to an activating group) is 1. The molecule has 0 aromatic heterocycles. The van der Waals surface area contributed by atoms with Crippen LogP contribution in [0.15, 0.2) is 24.3 Å². The van der Waals surface area contributed by atoms with Gasteiger partial charge in [0.2, 0.25) is 11.8 Å². The normalized spacial score (nSPS) is 10.0. The van der Waals surface area contributed by atoms with E-state index in [4.69, 9.17) is 10.5 Å². The number of carbonyl (C=O) groups excluding carboxylic acids is 2. The van der Waals surface area contributed by atoms with Crippen LogP contribution in [0.2, 0.25) is 0 Å². The van der Waals surface area contributed by atoms with Crippen LogP contribution < -0.4 is 15.8 Å². The highest BCUT2D eigenvalue weighted by atomic mass is 16.5. The van der Waals surface area contributed by atoms with Crippen molar-refractivity contribution in [2.45, 2.75) is 19.8 Å². The Bertz CT molecular complexity index is 460. The summed E-state index contributed by atoms with van der Waals surface area (Å²) in [6.07, 6.45) is 1.04. The van der Waals surface area contributed by atoms with Gasteiger partial charge in [-0.3, -0.25) is 9.59 Å². The molecular formula is C15H23N3O3. The van der Waals surface area contributed by atoms with Gasteiger partial charge in [-0.25, -0.2) is 0 Å². The fourth-order valence-corrected chi connectivity index (χ4v) is 1.79. The zero-order valence-corrected chi connectivity index (χ0v) is 12.6. The van der Waals surface area contributed by atoms with Crippen molar-refractivity contribution in [1.82, 2.24) is 10.2 Å². The maximum Gasteiger partial charge on any atom is 0.239 e. The Hall–Kier alpha value is -2.24. The number of rotatable bonds is 8. The highest BCUT2D eigenvalue weighted by molar-refractivity contribution is 5.84. The number of benzene rings is 1. The number of nitrogens with one attached hydrogen (secondary N) is 1. The summed E-state index contributed by atoms with van der Waals surface area (Å²) in [5, 5.41) is 2.52. The molecule has 0 bridgehead atoms. The summed E-state index contributed by atoms with van der Waals surface area (Å²) in [5.41, 5.74) is 6.25. The molecule has 0 radical (unpaired) electrons. The molecule has 21 heavy (non-hydrogen) atoms. The number of ether oxygens (including phenoxy) is 1. The van der Waals surface area contributed by atoms with Gasteiger partial charge in [0, 0.05) is 19.3 Å². The Labute approximate surface area is 125 Å². The summed E-state index contributed by atoms with van der Waals surface area (Å²) < 4.78 is 5.49. The maximum atomic E-state index is 12.1. The lowest BCUT2D eigenvalue weighted by atomic mass is 10.3. The fourth-order valence-electron chi connectivity index (χ4n) is 1.79. The smallest absolute Gasteiger partial charge is 0.239 e. The van der Waals surface area contributed by atoms with Crippen LogP contribution in [0.5, 0.6) is 5.75 Å². The average molecular weight is 293 g/mol. The predicted molar refractivity (Wildman–Crippen MR) is 81.9 cm³/mol. The fraction of sp³-hybridized carbons (Fsp3) is 0.467. The van der Waals surface area contributed by atoms with Crippen LogP contribution in [0.3, 0.4) is 0 Å². The molecule has 0 fully saturated rings. The highest BCUT2D eigenvalue weighted by Gasteiger charge is 2.15. The van der Waals surface area contributed by atoms with Crippen molar-refractivity contribution < 1.29 is 14.3 Å². The molecule has 3 N–H and O–H groups in total. The second-order valence-electron chi connectivity index (χ2n) is 4.66. The molecule has 0 unspecified atom stereocenters. The first-order valence-electron chi connectivity index (χ1n) is 7.03. The summed E-state index contributed by atoms with van der Waals surface area (Å²) in [6.45, 7) is 2.89. The van der Waals surface area contributed by atoms with Gasteiger partial charge in [-0.1, -0.05) is 6.92 Å². The lowest BCUT2D eigenvalue weighted by molar-refractivity contribution is -0.136. The third-order valence-electron chi connectivity index (χ3n) is 2.92. The van der Waals surface area contributed by atoms with Gasteiger partial charge >= 0.3 is 0 Å². The predicted octanol–water partition coefficient (Wildman–Crippen LogP) is 1.02. The molecular weight excluding hydrogens is 270 g/mol. The molecule has 0 aliphatic carbocycles. The zero-order valence-electron chi connectivity index (χ0n) is 12.6. The van der Waals surface area contributed by atoms with Crippen molar-refractivity contribution in [1.29, 1.82) is 0 Å². The number of amides is 2. The van der Waals surface area contributed by atoms with Gasteiger partial charge in [0.1, 0.15) is 5.75 Å². The van der Waals surface area contributed by atoms with E-state index < -0.39 is 0 Å². The van der Waals surface area contributed by atoms with Gasteiger partial charge in [0.25, 0.3) is 0 Å². The van der Waals surface area contributed by atoms with Gasteiger partial charge in [0.05, 0.1) is 19.6 Å². The number of carbonyl (C=O) groups is 2. The molecule has 0 saturated heterocycles. The third-order valence-corrected chi connectivity index (χ3v) is 2.92. The summed E-state index contributed by atoms with van der Waals surface area (Å²) in [7, 11) is 1.56. The van der Waals surface area contributed by atoms with Crippen molar-refractivity contribution in [3.8, 4) is 5.75 Å². The molecule has 6 heteroatoms. The maximum absolute atomic E-state index is 12.1. The van der Waals surface area contributed by atoms with E-state index in [0.29, 0.717) is 18.0 Å². The number of hydrogen-bond acceptors (Lipinski definition) is 4. The molecule has 0 spiro atoms. The SMILES string of the molecule is CCCN(CC(=O)NC)C(=O)CCOc1ccc(N)cc1. The third kappa shape index (κ3) is 6.16. The number of anilines is 1. The van der Waals surface area contributed by atoms with Gasteiger partial charge in [-0.15, -0.1) is 0 Å². The van der Waals surface area contributed by atoms with E-state index >= 15 is 0 Å². The van der Waals surface area contributed by atoms with E-state index in [-0.39, 0.29) is 31.4 Å². The van der Waals surface area contributed by atoms with E-state index in [9.17, 15) is 9.59 Å². The second kappa shape index (κ2) is 8.84. The minimum Gasteiger partial charge on any atom is -0.493 e. The van der Waals surface area contributed by atoms with Gasteiger partial charge in [-0.05, 0) is 30.7 Å².